The summed E-state index contributed by atoms with van der Waals surface area (Å²) in [6.45, 7) is 42.0. The van der Waals surface area contributed by atoms with Crippen molar-refractivity contribution in [3.05, 3.63) is 0 Å². The summed E-state index contributed by atoms with van der Waals surface area (Å²) >= 11 is 0. The van der Waals surface area contributed by atoms with Crippen LogP contribution in [-0.2, 0) is 8.85 Å². The molecule has 6 N–H and O–H groups in total. The summed E-state index contributed by atoms with van der Waals surface area (Å²) in [6, 6.07) is 0. The minimum absolute atomic E-state index is 0. The molecule has 4 rings (SSSR count). The number of unbranched alkanes of at least 4 members (excludes halogenated alkanes) is 10. The van der Waals surface area contributed by atoms with E-state index in [4.69, 9.17) is 13.3 Å². The van der Waals surface area contributed by atoms with Gasteiger partial charge in [0.25, 0.3) is 0 Å². The van der Waals surface area contributed by atoms with Crippen molar-refractivity contribution in [3.8, 4) is 23.7 Å². The van der Waals surface area contributed by atoms with Crippen LogP contribution in [0.5, 0.6) is 0 Å². The van der Waals surface area contributed by atoms with Crippen LogP contribution in [0.3, 0.4) is 0 Å². The SMILES string of the molecule is C.CC(C)(CCC[C@](C)(CC#CC(O)(C(F)(F)F)C(F)(F)F)[C@H]1CCC2[C@@H](O[Si](C)(C)C(C)(C)C)CCC[C@@]21C)O[Si](C)(C)C.CC(C)(O)CCC[C@](C)(CC#CC(O)(C(F)(F)F)C(F)(F)F)[C@H]1CCC2[C@@H](O)CCC[C@@]21C.CCCCCCCC.CCCCCCCC.NF. The van der Waals surface area contributed by atoms with Crippen molar-refractivity contribution < 1.29 is 86.4 Å². The van der Waals surface area contributed by atoms with E-state index in [2.05, 4.69) is 113 Å². The van der Waals surface area contributed by atoms with Gasteiger partial charge in [0.1, 0.15) is 0 Å². The first kappa shape index (κ1) is 96.4. The van der Waals surface area contributed by atoms with Crippen LogP contribution in [0, 0.1) is 69.0 Å². The molecule has 0 bridgehead atoms. The Balaban J connectivity index is 0. The number of nitrogens with two attached hydrogens (primary N) is 1. The molecule has 0 heterocycles. The van der Waals surface area contributed by atoms with Gasteiger partial charge in [0.2, 0.25) is 0 Å². The Morgan fingerprint density at radius 1 is 0.469 bits per heavy atom. The normalized spacial score (nSPS) is 24.9. The van der Waals surface area contributed by atoms with Crippen molar-refractivity contribution >= 4 is 16.6 Å². The van der Waals surface area contributed by atoms with Gasteiger partial charge < -0.3 is 29.3 Å². The predicted molar refractivity (Wildman–Crippen MR) is 372 cm³/mol. The molecule has 10 atom stereocenters. The summed E-state index contributed by atoms with van der Waals surface area (Å²) in [7, 11) is -3.91. The van der Waals surface area contributed by atoms with Crippen molar-refractivity contribution in [2.24, 2.45) is 51.3 Å². The van der Waals surface area contributed by atoms with E-state index in [-0.39, 0.29) is 65.9 Å². The van der Waals surface area contributed by atoms with E-state index in [1.54, 1.807) is 13.8 Å². The van der Waals surface area contributed by atoms with E-state index in [1.165, 1.54) is 83.0 Å². The van der Waals surface area contributed by atoms with Crippen LogP contribution in [0.15, 0.2) is 0 Å². The molecule has 7 nitrogen and oxygen atoms in total. The molecule has 4 saturated carbocycles. The van der Waals surface area contributed by atoms with Gasteiger partial charge in [0, 0.05) is 18.9 Å². The van der Waals surface area contributed by atoms with E-state index < -0.39 is 80.7 Å². The summed E-state index contributed by atoms with van der Waals surface area (Å²) in [5.74, 6) is 9.92. The quantitative estimate of drug-likeness (QED) is 0.0192. The number of aliphatic hydroxyl groups is 4. The Morgan fingerprint density at radius 2 is 0.802 bits per heavy atom. The van der Waals surface area contributed by atoms with Crippen molar-refractivity contribution in [1.29, 1.82) is 0 Å². The summed E-state index contributed by atoms with van der Waals surface area (Å²) in [4.78, 5) is 0. The van der Waals surface area contributed by atoms with Gasteiger partial charge in [0.15, 0.2) is 16.6 Å². The Labute approximate surface area is 576 Å². The number of fused-ring (bicyclic) bond motifs is 2. The zero-order chi connectivity index (χ0) is 74.4. The average molecular weight is 1440 g/mol. The van der Waals surface area contributed by atoms with Crippen LogP contribution in [0.4, 0.5) is 57.2 Å². The average Bonchev–Trinajstić information content (AvgIpc) is 1.54. The van der Waals surface area contributed by atoms with Crippen molar-refractivity contribution in [2.75, 3.05) is 0 Å². The van der Waals surface area contributed by atoms with Gasteiger partial charge in [-0.1, -0.05) is 198 Å². The van der Waals surface area contributed by atoms with Crippen molar-refractivity contribution in [3.63, 3.8) is 0 Å². The topological polar surface area (TPSA) is 125 Å². The molecule has 96 heavy (non-hydrogen) atoms. The van der Waals surface area contributed by atoms with E-state index in [0.717, 1.165) is 57.3 Å². The van der Waals surface area contributed by atoms with Crippen LogP contribution >= 0.6 is 0 Å². The van der Waals surface area contributed by atoms with Gasteiger partial charge in [-0.25, -0.2) is 0 Å². The number of hydrogen-bond donors (Lipinski definition) is 5. The van der Waals surface area contributed by atoms with E-state index in [0.29, 0.717) is 51.4 Å². The monoisotopic (exact) mass is 1440 g/mol. The third-order valence-electron chi connectivity index (χ3n) is 21.8. The number of halogens is 13. The zero-order valence-corrected chi connectivity index (χ0v) is 64.3. The molecule has 0 radical (unpaired) electrons. The second-order valence-electron chi connectivity index (χ2n) is 33.3. The number of alkyl halides is 12. The zero-order valence-electron chi connectivity index (χ0n) is 62.3. The lowest BCUT2D eigenvalue weighted by Gasteiger charge is -2.52. The first-order valence-electron chi connectivity index (χ1n) is 35.7. The number of aliphatic hydroxyl groups excluding tert-OH is 1. The molecule has 2 unspecified atom stereocenters. The Bertz CT molecular complexity index is 2260. The van der Waals surface area contributed by atoms with Gasteiger partial charge in [-0.2, -0.15) is 58.6 Å². The molecular formula is C74H136F13NO6Si2. The molecule has 0 aromatic heterocycles. The molecule has 0 aromatic rings. The molecule has 572 valence electrons. The standard InChI is InChI=1S/C33H58F6O3Si2.C24H36F6O3.2C8H18.CH4.FH2N/c1-27(2,3)44(11,12)41-25-16-13-22-30(7)24(25)17-18-26(30)29(6,20-14-19-28(4,5)42-43(8,9)10)21-15-23-31(40,32(34,35)36)33(37,38)39;1-19(2,32)11-6-12-20(3,13-7-15-22(33,23(25,26)27)24(28,29)30)18-10-9-16-17(31)8-5-14-21(16,18)4;2*1-3-5-7-8-6-4-2;;1-2/h24-26,40H,13-14,16-22H2,1-12H3;16-18,31-33H,5-6,8-14H2,1-4H3;2*3-8H2,1-2H3;1H4;2H2/t24?,25-,26+,29+,30-;16?,17-,18+,20+,21-;;;;/m00..../s1. The molecule has 0 aromatic carbocycles. The fraction of sp³-hybridized carbons (Fsp3) is 0.946. The molecule has 0 saturated heterocycles. The summed E-state index contributed by atoms with van der Waals surface area (Å²) in [5.41, 5.74) is -13.4. The van der Waals surface area contributed by atoms with E-state index >= 15 is 0 Å². The molecule has 4 fully saturated rings. The summed E-state index contributed by atoms with van der Waals surface area (Å²) in [5, 5.41) is 39.8. The fourth-order valence-corrected chi connectivity index (χ4v) is 19.0. The lowest BCUT2D eigenvalue weighted by atomic mass is 9.56. The third kappa shape index (κ3) is 28.5. The van der Waals surface area contributed by atoms with E-state index in [1.807, 2.05) is 27.7 Å². The highest BCUT2D eigenvalue weighted by Crippen LogP contribution is 2.65. The summed E-state index contributed by atoms with van der Waals surface area (Å²) in [6.07, 6.45) is 3.97. The van der Waals surface area contributed by atoms with Crippen LogP contribution in [0.2, 0.25) is 37.8 Å². The van der Waals surface area contributed by atoms with Crippen LogP contribution < -0.4 is 5.96 Å². The van der Waals surface area contributed by atoms with Crippen LogP contribution in [0.1, 0.15) is 304 Å². The third-order valence-corrected chi connectivity index (χ3v) is 27.5. The highest BCUT2D eigenvalue weighted by atomic mass is 28.4. The van der Waals surface area contributed by atoms with E-state index in [9.17, 15) is 73.1 Å². The van der Waals surface area contributed by atoms with Gasteiger partial charge >= 0.3 is 35.9 Å². The Morgan fingerprint density at radius 3 is 1.12 bits per heavy atom. The molecular weight excluding hydrogens is 1300 g/mol. The highest BCUT2D eigenvalue weighted by molar-refractivity contribution is 6.74. The predicted octanol–water partition coefficient (Wildman–Crippen LogP) is 23.6. The van der Waals surface area contributed by atoms with Gasteiger partial charge in [-0.15, -0.1) is 4.48 Å². The molecule has 4 aliphatic rings. The molecule has 4 aliphatic carbocycles. The smallest absolute Gasteiger partial charge is 0.414 e. The maximum absolute atomic E-state index is 13.4. The molecule has 0 spiro atoms. The number of hydrogen-bond acceptors (Lipinski definition) is 7. The molecule has 0 aliphatic heterocycles. The molecule has 0 amide bonds. The largest absolute Gasteiger partial charge is 0.438 e. The second kappa shape index (κ2) is 39.3. The van der Waals surface area contributed by atoms with Gasteiger partial charge in [-0.05, 0) is 200 Å². The van der Waals surface area contributed by atoms with Crippen LogP contribution in [-0.4, -0.2) is 96.4 Å². The highest BCUT2D eigenvalue weighted by Gasteiger charge is 2.71. The summed E-state index contributed by atoms with van der Waals surface area (Å²) < 4.78 is 181. The second-order valence-corrected chi connectivity index (χ2v) is 42.4. The van der Waals surface area contributed by atoms with Crippen molar-refractivity contribution in [2.45, 2.75) is 401 Å². The molecule has 22 heteroatoms. The minimum Gasteiger partial charge on any atom is -0.414 e. The first-order valence-corrected chi connectivity index (χ1v) is 42.0. The lowest BCUT2D eigenvalue weighted by Crippen LogP contribution is -2.55. The Kier molecular flexibility index (Phi) is 39.5. The van der Waals surface area contributed by atoms with Crippen molar-refractivity contribution in [1.82, 2.24) is 0 Å². The van der Waals surface area contributed by atoms with Crippen LogP contribution in [0.25, 0.3) is 0 Å². The number of rotatable bonds is 26. The Hall–Kier alpha value is -1.64. The van der Waals surface area contributed by atoms with Gasteiger partial charge in [-0.3, -0.25) is 0 Å². The van der Waals surface area contributed by atoms with Gasteiger partial charge in [0.05, 0.1) is 17.3 Å². The minimum atomic E-state index is -5.98. The first-order chi connectivity index (χ1) is 43.0. The lowest BCUT2D eigenvalue weighted by molar-refractivity contribution is -0.344. The fourth-order valence-electron chi connectivity index (χ4n) is 15.8. The maximum Gasteiger partial charge on any atom is 0.438 e. The maximum atomic E-state index is 13.4.